The van der Waals surface area contributed by atoms with Crippen molar-refractivity contribution in [2.75, 3.05) is 13.1 Å². The standard InChI is InChI=1S/C17H20N2O/c20-11-2-3-15-13(8-11)12-5-6-19-9-10-1-4-16(19)14(7-10)17(12)18-15/h2-3,8,10,14,16,18,20H,1,4-7,9H2/t10-,14+,16?/m0/s1. The summed E-state index contributed by atoms with van der Waals surface area (Å²) in [6.45, 7) is 2.50. The number of nitrogens with zero attached hydrogens (tertiary/aromatic N) is 1. The molecule has 20 heavy (non-hydrogen) atoms. The zero-order chi connectivity index (χ0) is 13.3. The number of nitrogens with one attached hydrogen (secondary N) is 1. The van der Waals surface area contributed by atoms with Crippen LogP contribution in [0.5, 0.6) is 5.75 Å². The molecule has 3 nitrogen and oxygen atoms in total. The average Bonchev–Trinajstić information content (AvgIpc) is 2.78. The van der Waals surface area contributed by atoms with Gasteiger partial charge in [0.1, 0.15) is 5.75 Å². The third-order valence-corrected chi connectivity index (χ3v) is 5.83. The van der Waals surface area contributed by atoms with Crippen molar-refractivity contribution >= 4 is 10.9 Å². The van der Waals surface area contributed by atoms with E-state index in [-0.39, 0.29) is 0 Å². The van der Waals surface area contributed by atoms with E-state index >= 15 is 0 Å². The van der Waals surface area contributed by atoms with Crippen LogP contribution in [0, 0.1) is 5.92 Å². The molecule has 2 unspecified atom stereocenters. The van der Waals surface area contributed by atoms with E-state index in [1.54, 1.807) is 6.07 Å². The topological polar surface area (TPSA) is 39.3 Å². The minimum absolute atomic E-state index is 0.383. The zero-order valence-electron chi connectivity index (χ0n) is 11.6. The van der Waals surface area contributed by atoms with Crippen molar-refractivity contribution in [1.29, 1.82) is 0 Å². The lowest BCUT2D eigenvalue weighted by molar-refractivity contribution is 0.0350. The van der Waals surface area contributed by atoms with E-state index in [1.807, 2.05) is 12.1 Å². The van der Waals surface area contributed by atoms with Crippen molar-refractivity contribution in [3.8, 4) is 5.75 Å². The SMILES string of the molecule is Oc1ccc2[nH]c3c(c2c1)CCN1C[C@H]2CCC1[C@H]3C2. The molecule has 4 heterocycles. The summed E-state index contributed by atoms with van der Waals surface area (Å²) in [6.07, 6.45) is 5.27. The molecule has 1 saturated carbocycles. The minimum Gasteiger partial charge on any atom is -0.508 e. The Morgan fingerprint density at radius 3 is 3.10 bits per heavy atom. The number of H-pyrrole nitrogens is 1. The van der Waals surface area contributed by atoms with E-state index in [4.69, 9.17) is 0 Å². The highest BCUT2D eigenvalue weighted by molar-refractivity contribution is 5.86. The van der Waals surface area contributed by atoms with Gasteiger partial charge in [-0.25, -0.2) is 0 Å². The summed E-state index contributed by atoms with van der Waals surface area (Å²) in [5, 5.41) is 11.0. The number of phenols is 1. The van der Waals surface area contributed by atoms with Crippen LogP contribution in [-0.2, 0) is 6.42 Å². The van der Waals surface area contributed by atoms with Gasteiger partial charge in [0.15, 0.2) is 0 Å². The zero-order valence-corrected chi connectivity index (χ0v) is 11.6. The van der Waals surface area contributed by atoms with E-state index in [2.05, 4.69) is 9.88 Å². The number of piperidine rings is 2. The van der Waals surface area contributed by atoms with Crippen molar-refractivity contribution in [2.24, 2.45) is 5.92 Å². The lowest BCUT2D eigenvalue weighted by atomic mass is 9.72. The fraction of sp³-hybridized carbons (Fsp3) is 0.529. The Labute approximate surface area is 118 Å². The first kappa shape index (κ1) is 11.2. The Hall–Kier alpha value is -1.48. The third kappa shape index (κ3) is 1.39. The molecule has 0 radical (unpaired) electrons. The van der Waals surface area contributed by atoms with Gasteiger partial charge in [-0.15, -0.1) is 0 Å². The van der Waals surface area contributed by atoms with E-state index in [0.29, 0.717) is 11.7 Å². The second kappa shape index (κ2) is 3.79. The predicted molar refractivity (Wildman–Crippen MR) is 79.1 cm³/mol. The molecule has 1 aromatic carbocycles. The molecule has 2 aromatic rings. The highest BCUT2D eigenvalue weighted by atomic mass is 16.3. The summed E-state index contributed by atoms with van der Waals surface area (Å²) in [7, 11) is 0. The van der Waals surface area contributed by atoms with Gasteiger partial charge in [-0.05, 0) is 55.4 Å². The van der Waals surface area contributed by atoms with Crippen molar-refractivity contribution in [3.63, 3.8) is 0 Å². The summed E-state index contributed by atoms with van der Waals surface area (Å²) in [5.74, 6) is 1.97. The Morgan fingerprint density at radius 2 is 2.20 bits per heavy atom. The number of aromatic nitrogens is 1. The highest BCUT2D eigenvalue weighted by Gasteiger charge is 2.44. The number of rotatable bonds is 0. The first-order valence-electron chi connectivity index (χ1n) is 7.87. The number of aromatic hydroxyl groups is 1. The Balaban J connectivity index is 1.72. The van der Waals surface area contributed by atoms with Crippen LogP contribution in [0.2, 0.25) is 0 Å². The second-order valence-electron chi connectivity index (χ2n) is 6.84. The summed E-state index contributed by atoms with van der Waals surface area (Å²) in [4.78, 5) is 6.41. The van der Waals surface area contributed by atoms with Gasteiger partial charge in [-0.3, -0.25) is 4.90 Å². The van der Waals surface area contributed by atoms with Gasteiger partial charge >= 0.3 is 0 Å². The fourth-order valence-electron chi connectivity index (χ4n) is 4.98. The van der Waals surface area contributed by atoms with Gasteiger partial charge in [0.2, 0.25) is 0 Å². The van der Waals surface area contributed by atoms with Crippen LogP contribution >= 0.6 is 0 Å². The van der Waals surface area contributed by atoms with Gasteiger partial charge in [0, 0.05) is 41.6 Å². The van der Waals surface area contributed by atoms with Gasteiger partial charge in [0.05, 0.1) is 0 Å². The lowest BCUT2D eigenvalue weighted by Gasteiger charge is -2.48. The number of hydrogen-bond donors (Lipinski definition) is 2. The van der Waals surface area contributed by atoms with Crippen LogP contribution in [0.15, 0.2) is 18.2 Å². The Kier molecular flexibility index (Phi) is 2.12. The van der Waals surface area contributed by atoms with Crippen LogP contribution in [0.4, 0.5) is 0 Å². The van der Waals surface area contributed by atoms with Crippen molar-refractivity contribution < 1.29 is 5.11 Å². The summed E-state index contributed by atoms with van der Waals surface area (Å²) in [6, 6.07) is 6.51. The number of hydrogen-bond acceptors (Lipinski definition) is 2. The molecule has 4 atom stereocenters. The molecule has 3 aliphatic heterocycles. The molecule has 104 valence electrons. The minimum atomic E-state index is 0.383. The van der Waals surface area contributed by atoms with E-state index in [0.717, 1.165) is 18.4 Å². The van der Waals surface area contributed by atoms with Crippen LogP contribution in [0.3, 0.4) is 0 Å². The molecule has 3 fully saturated rings. The maximum absolute atomic E-state index is 9.79. The second-order valence-corrected chi connectivity index (χ2v) is 6.84. The molecule has 2 N–H and O–H groups in total. The molecule has 2 saturated heterocycles. The number of benzene rings is 1. The number of fused-ring (bicyclic) bond motifs is 4. The molecule has 3 heteroatoms. The first-order valence-corrected chi connectivity index (χ1v) is 7.87. The molecule has 4 aliphatic rings. The monoisotopic (exact) mass is 268 g/mol. The molecule has 1 aromatic heterocycles. The van der Waals surface area contributed by atoms with Gasteiger partial charge in [0.25, 0.3) is 0 Å². The molecule has 1 aliphatic carbocycles. The smallest absolute Gasteiger partial charge is 0.116 e. The average molecular weight is 268 g/mol. The van der Waals surface area contributed by atoms with Crippen molar-refractivity contribution in [2.45, 2.75) is 37.6 Å². The van der Waals surface area contributed by atoms with Gasteiger partial charge < -0.3 is 10.1 Å². The Bertz CT molecular complexity index is 690. The predicted octanol–water partition coefficient (Wildman–Crippen LogP) is 3.00. The fourth-order valence-corrected chi connectivity index (χ4v) is 4.98. The summed E-state index contributed by atoms with van der Waals surface area (Å²) >= 11 is 0. The van der Waals surface area contributed by atoms with Crippen molar-refractivity contribution in [1.82, 2.24) is 9.88 Å². The van der Waals surface area contributed by atoms with E-state index in [9.17, 15) is 5.11 Å². The van der Waals surface area contributed by atoms with Crippen molar-refractivity contribution in [3.05, 3.63) is 29.5 Å². The maximum atomic E-state index is 9.79. The largest absolute Gasteiger partial charge is 0.508 e. The summed E-state index contributed by atoms with van der Waals surface area (Å²) < 4.78 is 0. The van der Waals surface area contributed by atoms with Crippen LogP contribution < -0.4 is 0 Å². The molecule has 4 bridgehead atoms. The summed E-state index contributed by atoms with van der Waals surface area (Å²) in [5.41, 5.74) is 4.14. The number of phenolic OH excluding ortho intramolecular Hbond substituents is 1. The van der Waals surface area contributed by atoms with Gasteiger partial charge in [-0.2, -0.15) is 0 Å². The lowest BCUT2D eigenvalue weighted by Crippen LogP contribution is -2.51. The quantitative estimate of drug-likeness (QED) is 0.771. The van der Waals surface area contributed by atoms with Crippen LogP contribution in [-0.4, -0.2) is 34.1 Å². The maximum Gasteiger partial charge on any atom is 0.116 e. The molecular weight excluding hydrogens is 248 g/mol. The normalized spacial score (nSPS) is 35.0. The number of aromatic amines is 1. The van der Waals surface area contributed by atoms with E-state index in [1.165, 1.54) is 54.5 Å². The molecule has 0 spiro atoms. The first-order chi connectivity index (χ1) is 9.79. The van der Waals surface area contributed by atoms with Crippen LogP contribution in [0.25, 0.3) is 10.9 Å². The van der Waals surface area contributed by atoms with E-state index < -0.39 is 0 Å². The van der Waals surface area contributed by atoms with Crippen LogP contribution in [0.1, 0.15) is 36.4 Å². The molecular formula is C17H20N2O. The Morgan fingerprint density at radius 1 is 1.25 bits per heavy atom. The third-order valence-electron chi connectivity index (χ3n) is 5.83. The molecule has 0 amide bonds. The highest BCUT2D eigenvalue weighted by Crippen LogP contribution is 2.47. The van der Waals surface area contributed by atoms with Gasteiger partial charge in [-0.1, -0.05) is 0 Å². The molecule has 6 rings (SSSR count).